The molecule has 118 valence electrons. The van der Waals surface area contributed by atoms with Gasteiger partial charge in [0.2, 0.25) is 19.9 Å². The number of hydrogen-bond donors (Lipinski definition) is 2. The molecule has 2 aromatic carbocycles. The largest absolute Gasteiger partial charge is 0.495 e. The summed E-state index contributed by atoms with van der Waals surface area (Å²) in [6, 6.07) is 9.15. The second-order valence-electron chi connectivity index (χ2n) is 4.41. The van der Waals surface area contributed by atoms with Gasteiger partial charge in [-0.1, -0.05) is 12.1 Å². The van der Waals surface area contributed by atoms with E-state index in [-0.39, 0.29) is 16.3 Å². The fourth-order valence-electron chi connectivity index (χ4n) is 1.93. The number of sulfone groups is 1. The lowest BCUT2D eigenvalue weighted by Crippen LogP contribution is -2.17. The molecule has 7 nitrogen and oxygen atoms in total. The monoisotopic (exact) mass is 342 g/mol. The van der Waals surface area contributed by atoms with E-state index in [2.05, 4.69) is 0 Å². The fraction of sp³-hybridized carbons (Fsp3) is 0.0769. The third-order valence-electron chi connectivity index (χ3n) is 2.92. The summed E-state index contributed by atoms with van der Waals surface area (Å²) in [6.07, 6.45) is 0. The molecule has 2 rings (SSSR count). The molecule has 0 radical (unpaired) electrons. The minimum absolute atomic E-state index is 0.0541. The van der Waals surface area contributed by atoms with Crippen molar-refractivity contribution in [2.75, 3.05) is 12.8 Å². The van der Waals surface area contributed by atoms with Crippen LogP contribution in [0.5, 0.6) is 5.75 Å². The van der Waals surface area contributed by atoms with Gasteiger partial charge in [0.15, 0.2) is 0 Å². The molecule has 22 heavy (non-hydrogen) atoms. The Morgan fingerprint density at radius 2 is 1.50 bits per heavy atom. The van der Waals surface area contributed by atoms with Crippen molar-refractivity contribution in [3.63, 3.8) is 0 Å². The van der Waals surface area contributed by atoms with Crippen LogP contribution in [0.4, 0.5) is 5.69 Å². The summed E-state index contributed by atoms with van der Waals surface area (Å²) in [7, 11) is -7.09. The standard InChI is InChI=1S/C13H14N2O5S2/c1-20-10-7-6-9(14)8-13(10)21(16,17)11-4-2-3-5-12(11)22(15,18)19/h2-8H,14H2,1H3,(H2,15,18,19). The van der Waals surface area contributed by atoms with Gasteiger partial charge < -0.3 is 10.5 Å². The van der Waals surface area contributed by atoms with Gasteiger partial charge in [-0.15, -0.1) is 0 Å². The van der Waals surface area contributed by atoms with E-state index >= 15 is 0 Å². The first-order valence-corrected chi connectivity index (χ1v) is 9.01. The Morgan fingerprint density at radius 1 is 0.909 bits per heavy atom. The summed E-state index contributed by atoms with van der Waals surface area (Å²) in [4.78, 5) is -1.15. The van der Waals surface area contributed by atoms with Gasteiger partial charge in [0.1, 0.15) is 15.5 Å². The predicted octanol–water partition coefficient (Wildman–Crippen LogP) is 0.758. The summed E-state index contributed by atoms with van der Waals surface area (Å²) in [6.45, 7) is 0. The molecule has 0 aliphatic rings. The Hall–Kier alpha value is -2.10. The highest BCUT2D eigenvalue weighted by atomic mass is 32.2. The molecular formula is C13H14N2O5S2. The molecule has 0 aliphatic heterocycles. The lowest BCUT2D eigenvalue weighted by Gasteiger charge is -2.12. The van der Waals surface area contributed by atoms with Gasteiger partial charge in [0, 0.05) is 5.69 Å². The zero-order valence-electron chi connectivity index (χ0n) is 11.6. The number of ether oxygens (including phenoxy) is 1. The number of anilines is 1. The van der Waals surface area contributed by atoms with Crippen LogP contribution >= 0.6 is 0 Å². The molecule has 2 aromatic rings. The first-order chi connectivity index (χ1) is 10.2. The Balaban J connectivity index is 2.81. The zero-order valence-corrected chi connectivity index (χ0v) is 13.2. The quantitative estimate of drug-likeness (QED) is 0.789. The highest BCUT2D eigenvalue weighted by molar-refractivity contribution is 7.93. The lowest BCUT2D eigenvalue weighted by molar-refractivity contribution is 0.403. The van der Waals surface area contributed by atoms with Crippen molar-refractivity contribution < 1.29 is 21.6 Å². The molecule has 0 atom stereocenters. The van der Waals surface area contributed by atoms with Gasteiger partial charge in [-0.3, -0.25) is 0 Å². The van der Waals surface area contributed by atoms with Crippen molar-refractivity contribution >= 4 is 25.5 Å². The SMILES string of the molecule is COc1ccc(N)cc1S(=O)(=O)c1ccccc1S(N)(=O)=O. The summed E-state index contributed by atoms with van der Waals surface area (Å²) in [5.74, 6) is 0.0541. The zero-order chi connectivity index (χ0) is 16.5. The molecule has 0 spiro atoms. The topological polar surface area (TPSA) is 130 Å². The van der Waals surface area contributed by atoms with E-state index in [0.717, 1.165) is 12.1 Å². The minimum Gasteiger partial charge on any atom is -0.495 e. The highest BCUT2D eigenvalue weighted by Crippen LogP contribution is 2.33. The maximum Gasteiger partial charge on any atom is 0.239 e. The number of rotatable bonds is 4. The van der Waals surface area contributed by atoms with Crippen molar-refractivity contribution in [3.8, 4) is 5.75 Å². The van der Waals surface area contributed by atoms with Gasteiger partial charge in [-0.2, -0.15) is 0 Å². The predicted molar refractivity (Wildman–Crippen MR) is 80.7 cm³/mol. The second-order valence-corrected chi connectivity index (χ2v) is 7.82. The van der Waals surface area contributed by atoms with Gasteiger partial charge in [0.25, 0.3) is 0 Å². The molecule has 0 saturated carbocycles. The van der Waals surface area contributed by atoms with E-state index in [1.807, 2.05) is 0 Å². The molecule has 9 heteroatoms. The van der Waals surface area contributed by atoms with Gasteiger partial charge in [0.05, 0.1) is 12.0 Å². The van der Waals surface area contributed by atoms with Crippen molar-refractivity contribution in [3.05, 3.63) is 42.5 Å². The molecule has 0 fully saturated rings. The molecule has 0 aliphatic carbocycles. The third kappa shape index (κ3) is 2.91. The van der Waals surface area contributed by atoms with Crippen LogP contribution in [0.15, 0.2) is 57.2 Å². The Labute approximate surface area is 128 Å². The summed E-state index contributed by atoms with van der Waals surface area (Å²) in [5, 5.41) is 5.08. The number of nitrogens with two attached hydrogens (primary N) is 2. The van der Waals surface area contributed by atoms with E-state index in [0.29, 0.717) is 0 Å². The van der Waals surface area contributed by atoms with Crippen LogP contribution in [0.2, 0.25) is 0 Å². The smallest absolute Gasteiger partial charge is 0.239 e. The summed E-state index contributed by atoms with van der Waals surface area (Å²) in [5.41, 5.74) is 5.82. The number of sulfonamides is 1. The molecule has 0 heterocycles. The Kier molecular flexibility index (Phi) is 4.14. The number of primary sulfonamides is 1. The second kappa shape index (κ2) is 5.59. The van der Waals surface area contributed by atoms with Crippen LogP contribution in [-0.2, 0) is 19.9 Å². The van der Waals surface area contributed by atoms with Gasteiger partial charge in [-0.05, 0) is 30.3 Å². The van der Waals surface area contributed by atoms with E-state index in [4.69, 9.17) is 15.6 Å². The Bertz CT molecular complexity index is 921. The first kappa shape index (κ1) is 16.3. The van der Waals surface area contributed by atoms with E-state index in [9.17, 15) is 16.8 Å². The van der Waals surface area contributed by atoms with Crippen molar-refractivity contribution in [1.82, 2.24) is 0 Å². The average Bonchev–Trinajstić information content (AvgIpc) is 2.46. The van der Waals surface area contributed by atoms with Crippen molar-refractivity contribution in [2.45, 2.75) is 14.7 Å². The molecule has 0 saturated heterocycles. The first-order valence-electron chi connectivity index (χ1n) is 5.98. The Morgan fingerprint density at radius 3 is 2.05 bits per heavy atom. The maximum absolute atomic E-state index is 12.8. The molecule has 0 aromatic heterocycles. The summed E-state index contributed by atoms with van der Waals surface area (Å²) < 4.78 is 53.8. The average molecular weight is 342 g/mol. The normalized spacial score (nSPS) is 12.1. The van der Waals surface area contributed by atoms with Crippen LogP contribution in [-0.4, -0.2) is 23.9 Å². The number of methoxy groups -OCH3 is 1. The fourth-order valence-corrected chi connectivity index (χ4v) is 4.76. The number of benzene rings is 2. The molecular weight excluding hydrogens is 328 g/mol. The van der Waals surface area contributed by atoms with Crippen LogP contribution in [0.3, 0.4) is 0 Å². The number of nitrogen functional groups attached to an aromatic ring is 1. The minimum atomic E-state index is -4.21. The van der Waals surface area contributed by atoms with Crippen molar-refractivity contribution in [2.24, 2.45) is 5.14 Å². The van der Waals surface area contributed by atoms with E-state index < -0.39 is 29.7 Å². The molecule has 0 unspecified atom stereocenters. The van der Waals surface area contributed by atoms with E-state index in [1.54, 1.807) is 0 Å². The van der Waals surface area contributed by atoms with Crippen LogP contribution in [0, 0.1) is 0 Å². The van der Waals surface area contributed by atoms with Crippen LogP contribution in [0.1, 0.15) is 0 Å². The molecule has 4 N–H and O–H groups in total. The number of hydrogen-bond acceptors (Lipinski definition) is 6. The van der Waals surface area contributed by atoms with Crippen LogP contribution < -0.4 is 15.6 Å². The maximum atomic E-state index is 12.8. The van der Waals surface area contributed by atoms with Crippen LogP contribution in [0.25, 0.3) is 0 Å². The lowest BCUT2D eigenvalue weighted by atomic mass is 10.3. The third-order valence-corrected chi connectivity index (χ3v) is 5.85. The highest BCUT2D eigenvalue weighted by Gasteiger charge is 2.28. The van der Waals surface area contributed by atoms with E-state index in [1.165, 1.54) is 37.4 Å². The van der Waals surface area contributed by atoms with Gasteiger partial charge >= 0.3 is 0 Å². The van der Waals surface area contributed by atoms with Crippen molar-refractivity contribution in [1.29, 1.82) is 0 Å². The molecule has 0 bridgehead atoms. The molecule has 0 amide bonds. The van der Waals surface area contributed by atoms with Gasteiger partial charge in [-0.25, -0.2) is 22.0 Å². The summed E-state index contributed by atoms with van der Waals surface area (Å²) >= 11 is 0.